The number of aromatic nitrogens is 2. The lowest BCUT2D eigenvalue weighted by atomic mass is 9.73. The van der Waals surface area contributed by atoms with Crippen molar-refractivity contribution in [2.45, 2.75) is 12.3 Å². The number of nitrogens with zero attached hydrogens (tertiary/aromatic N) is 2. The molecule has 46 heavy (non-hydrogen) atoms. The van der Waals surface area contributed by atoms with Crippen LogP contribution in [0.15, 0.2) is 152 Å². The van der Waals surface area contributed by atoms with Crippen molar-refractivity contribution in [1.29, 1.82) is 0 Å². The monoisotopic (exact) mass is 584 g/mol. The van der Waals surface area contributed by atoms with Crippen LogP contribution in [0, 0.1) is 0 Å². The SMILES string of the molecule is c1ccc(-c2cccc(-c3nc4ccccc4nc3[C@H]3Cc4cccc5c4-c4c3ccc3cccc(c43)-c3ccccc3-5)c2)cc1. The topological polar surface area (TPSA) is 25.8 Å². The zero-order chi connectivity index (χ0) is 30.2. The maximum atomic E-state index is 5.47. The van der Waals surface area contributed by atoms with Crippen LogP contribution in [0.3, 0.4) is 0 Å². The van der Waals surface area contributed by atoms with Gasteiger partial charge in [0.1, 0.15) is 0 Å². The smallest absolute Gasteiger partial charge is 0.0931 e. The van der Waals surface area contributed by atoms with E-state index >= 15 is 0 Å². The largest absolute Gasteiger partial charge is 0.248 e. The number of fused-ring (bicyclic) bond motifs is 4. The van der Waals surface area contributed by atoms with Crippen LogP contribution >= 0.6 is 0 Å². The van der Waals surface area contributed by atoms with Gasteiger partial charge in [-0.1, -0.05) is 133 Å². The van der Waals surface area contributed by atoms with E-state index in [4.69, 9.17) is 9.97 Å². The minimum Gasteiger partial charge on any atom is -0.248 e. The summed E-state index contributed by atoms with van der Waals surface area (Å²) < 4.78 is 0. The summed E-state index contributed by atoms with van der Waals surface area (Å²) >= 11 is 0. The third-order valence-corrected chi connectivity index (χ3v) is 9.96. The van der Waals surface area contributed by atoms with Crippen LogP contribution in [-0.2, 0) is 6.42 Å². The zero-order valence-electron chi connectivity index (χ0n) is 25.1. The predicted octanol–water partition coefficient (Wildman–Crippen LogP) is 11.1. The average molecular weight is 585 g/mol. The van der Waals surface area contributed by atoms with Crippen molar-refractivity contribution in [3.05, 3.63) is 168 Å². The molecular weight excluding hydrogens is 556 g/mol. The van der Waals surface area contributed by atoms with Crippen LogP contribution in [0.4, 0.5) is 0 Å². The molecule has 2 heteroatoms. The van der Waals surface area contributed by atoms with Gasteiger partial charge in [0.2, 0.25) is 0 Å². The Morgan fingerprint density at radius 3 is 1.98 bits per heavy atom. The van der Waals surface area contributed by atoms with E-state index in [0.29, 0.717) is 0 Å². The second-order valence-electron chi connectivity index (χ2n) is 12.5. The fraction of sp³-hybridized carbons (Fsp3) is 0.0455. The lowest BCUT2D eigenvalue weighted by Crippen LogP contribution is -2.16. The highest BCUT2D eigenvalue weighted by Gasteiger charge is 2.34. The van der Waals surface area contributed by atoms with Gasteiger partial charge in [0.25, 0.3) is 0 Å². The Morgan fingerprint density at radius 2 is 1.11 bits per heavy atom. The Morgan fingerprint density at radius 1 is 0.457 bits per heavy atom. The first kappa shape index (κ1) is 25.5. The first-order valence-electron chi connectivity index (χ1n) is 16.0. The quantitative estimate of drug-likeness (QED) is 0.206. The molecule has 0 spiro atoms. The third kappa shape index (κ3) is 3.71. The zero-order valence-corrected chi connectivity index (χ0v) is 25.1. The Hall–Kier alpha value is -5.86. The molecule has 7 aromatic carbocycles. The van der Waals surface area contributed by atoms with Gasteiger partial charge in [-0.15, -0.1) is 0 Å². The average Bonchev–Trinajstić information content (AvgIpc) is 3.26. The molecule has 0 saturated heterocycles. The summed E-state index contributed by atoms with van der Waals surface area (Å²) in [6, 6.07) is 54.9. The van der Waals surface area contributed by atoms with Gasteiger partial charge < -0.3 is 0 Å². The van der Waals surface area contributed by atoms with Gasteiger partial charge in [-0.3, -0.25) is 0 Å². The van der Waals surface area contributed by atoms with E-state index in [1.807, 2.05) is 0 Å². The summed E-state index contributed by atoms with van der Waals surface area (Å²) in [4.78, 5) is 10.8. The number of hydrogen-bond donors (Lipinski definition) is 0. The molecule has 0 N–H and O–H groups in total. The van der Waals surface area contributed by atoms with E-state index in [9.17, 15) is 0 Å². The highest BCUT2D eigenvalue weighted by atomic mass is 14.8. The number of rotatable bonds is 3. The molecule has 1 atom stereocenters. The summed E-state index contributed by atoms with van der Waals surface area (Å²) in [6.07, 6.45) is 0.865. The highest BCUT2D eigenvalue weighted by molar-refractivity contribution is 6.15. The second kappa shape index (κ2) is 9.82. The van der Waals surface area contributed by atoms with E-state index in [2.05, 4.69) is 152 Å². The molecule has 0 saturated carbocycles. The van der Waals surface area contributed by atoms with Gasteiger partial charge in [-0.2, -0.15) is 0 Å². The lowest BCUT2D eigenvalue weighted by Gasteiger charge is -2.31. The van der Waals surface area contributed by atoms with Crippen LogP contribution in [0.2, 0.25) is 0 Å². The fourth-order valence-corrected chi connectivity index (χ4v) is 7.94. The first-order chi connectivity index (χ1) is 22.8. The molecule has 2 nitrogen and oxygen atoms in total. The van der Waals surface area contributed by atoms with Crippen molar-refractivity contribution >= 4 is 21.8 Å². The summed E-state index contributed by atoms with van der Waals surface area (Å²) in [5, 5.41) is 2.61. The molecule has 214 valence electrons. The molecule has 0 fully saturated rings. The van der Waals surface area contributed by atoms with Gasteiger partial charge >= 0.3 is 0 Å². The van der Waals surface area contributed by atoms with Crippen LogP contribution in [0.1, 0.15) is 22.7 Å². The van der Waals surface area contributed by atoms with Gasteiger partial charge in [-0.25, -0.2) is 9.97 Å². The molecule has 2 aliphatic rings. The van der Waals surface area contributed by atoms with E-state index in [0.717, 1.165) is 34.4 Å². The second-order valence-corrected chi connectivity index (χ2v) is 12.5. The number of hydrogen-bond acceptors (Lipinski definition) is 2. The van der Waals surface area contributed by atoms with Gasteiger partial charge in [-0.05, 0) is 91.0 Å². The molecule has 1 aromatic heterocycles. The van der Waals surface area contributed by atoms with E-state index in [1.54, 1.807) is 0 Å². The summed E-state index contributed by atoms with van der Waals surface area (Å²) in [5.41, 5.74) is 17.9. The predicted molar refractivity (Wildman–Crippen MR) is 190 cm³/mol. The van der Waals surface area contributed by atoms with Crippen LogP contribution in [0.5, 0.6) is 0 Å². The Labute approximate surface area is 267 Å². The molecule has 10 rings (SSSR count). The molecule has 1 heterocycles. The first-order valence-corrected chi connectivity index (χ1v) is 16.0. The van der Waals surface area contributed by atoms with Crippen molar-refractivity contribution in [2.75, 3.05) is 0 Å². The van der Waals surface area contributed by atoms with Gasteiger partial charge in [0.05, 0.1) is 22.4 Å². The summed E-state index contributed by atoms with van der Waals surface area (Å²) in [6.45, 7) is 0. The minimum absolute atomic E-state index is 0.0453. The normalized spacial score (nSPS) is 14.2. The maximum absolute atomic E-state index is 5.47. The van der Waals surface area contributed by atoms with Crippen molar-refractivity contribution < 1.29 is 0 Å². The van der Waals surface area contributed by atoms with E-state index in [1.165, 1.54) is 66.4 Å². The van der Waals surface area contributed by atoms with Crippen molar-refractivity contribution in [2.24, 2.45) is 0 Å². The molecule has 0 aliphatic heterocycles. The number of benzene rings is 7. The van der Waals surface area contributed by atoms with Crippen molar-refractivity contribution in [1.82, 2.24) is 9.97 Å². The molecule has 0 radical (unpaired) electrons. The molecule has 0 unspecified atom stereocenters. The summed E-state index contributed by atoms with van der Waals surface area (Å²) in [7, 11) is 0. The van der Waals surface area contributed by atoms with Crippen molar-refractivity contribution in [3.63, 3.8) is 0 Å². The lowest BCUT2D eigenvalue weighted by molar-refractivity contribution is 0.768. The maximum Gasteiger partial charge on any atom is 0.0931 e. The highest BCUT2D eigenvalue weighted by Crippen LogP contribution is 2.55. The van der Waals surface area contributed by atoms with Crippen LogP contribution < -0.4 is 0 Å². The van der Waals surface area contributed by atoms with Crippen molar-refractivity contribution in [3.8, 4) is 55.8 Å². The fourth-order valence-electron chi connectivity index (χ4n) is 7.94. The van der Waals surface area contributed by atoms with Gasteiger partial charge in [0.15, 0.2) is 0 Å². The number of para-hydroxylation sites is 2. The van der Waals surface area contributed by atoms with Crippen LogP contribution in [0.25, 0.3) is 77.6 Å². The van der Waals surface area contributed by atoms with Crippen LogP contribution in [-0.4, -0.2) is 9.97 Å². The van der Waals surface area contributed by atoms with E-state index in [-0.39, 0.29) is 5.92 Å². The molecule has 0 bridgehead atoms. The molecule has 0 amide bonds. The standard InChI is InChI=1S/C44H28N2/c1-2-11-27(12-3-1)29-14-8-16-31(25-29)43-44(46-39-22-7-6-21-38(39)45-43)37-26-30-15-10-20-35-33-18-5-4-17-32(33)34-19-9-13-28-23-24-36(37)42(40(28)34)41(30)35/h1-25,37H,26H2/t37-/m0/s1. The Kier molecular flexibility index (Phi) is 5.44. The Bertz CT molecular complexity index is 2510. The molecule has 2 aliphatic carbocycles. The Balaban J connectivity index is 1.27. The molecule has 8 aromatic rings. The minimum atomic E-state index is 0.0453. The third-order valence-electron chi connectivity index (χ3n) is 9.96. The molecular formula is C44H28N2. The van der Waals surface area contributed by atoms with E-state index < -0.39 is 0 Å². The van der Waals surface area contributed by atoms with Gasteiger partial charge in [0, 0.05) is 11.5 Å². The summed E-state index contributed by atoms with van der Waals surface area (Å²) in [5.74, 6) is 0.0453.